The molecular formula is C16H31N9O7. The number of aliphatic carboxylic acids is 3. The number of carbonyl (C=O) groups excluding carboxylic acids is 1. The van der Waals surface area contributed by atoms with E-state index in [9.17, 15) is 19.2 Å². The topological polar surface area (TPSA) is 326 Å². The molecule has 1 heterocycles. The van der Waals surface area contributed by atoms with Gasteiger partial charge in [0.15, 0.2) is 5.96 Å². The fourth-order valence-corrected chi connectivity index (χ4v) is 1.67. The number of carboxylic acids is 3. The second-order valence-corrected chi connectivity index (χ2v) is 6.23. The van der Waals surface area contributed by atoms with Crippen molar-refractivity contribution in [3.8, 4) is 0 Å². The fourth-order valence-electron chi connectivity index (χ4n) is 1.67. The largest absolute Gasteiger partial charge is 0.480 e. The summed E-state index contributed by atoms with van der Waals surface area (Å²) in [5.41, 5.74) is 30.9. The van der Waals surface area contributed by atoms with E-state index in [4.69, 9.17) is 44.0 Å². The van der Waals surface area contributed by atoms with E-state index in [2.05, 4.69) is 20.7 Å². The summed E-state index contributed by atoms with van der Waals surface area (Å²) in [6.07, 6.45) is 3.98. The van der Waals surface area contributed by atoms with Crippen LogP contribution in [0.5, 0.6) is 0 Å². The Hall–Kier alpha value is -3.76. The van der Waals surface area contributed by atoms with Crippen LogP contribution in [-0.2, 0) is 25.6 Å². The molecular weight excluding hydrogens is 430 g/mol. The highest BCUT2D eigenvalue weighted by Gasteiger charge is 2.13. The van der Waals surface area contributed by atoms with Crippen molar-refractivity contribution in [2.75, 3.05) is 6.54 Å². The number of aliphatic imine (C=N–C) groups is 1. The van der Waals surface area contributed by atoms with Gasteiger partial charge in [-0.25, -0.2) is 4.98 Å². The number of H-pyrrole nitrogens is 1. The maximum atomic E-state index is 10.3. The summed E-state index contributed by atoms with van der Waals surface area (Å²) in [5.74, 6) is -3.91. The number of rotatable bonds is 11. The predicted octanol–water partition coefficient (Wildman–Crippen LogP) is -3.91. The summed E-state index contributed by atoms with van der Waals surface area (Å²) >= 11 is 0. The zero-order chi connectivity index (χ0) is 25.3. The van der Waals surface area contributed by atoms with Crippen molar-refractivity contribution >= 4 is 29.8 Å². The molecule has 1 rings (SSSR count). The van der Waals surface area contributed by atoms with Gasteiger partial charge in [0.2, 0.25) is 5.91 Å². The Morgan fingerprint density at radius 1 is 0.938 bits per heavy atom. The van der Waals surface area contributed by atoms with Gasteiger partial charge in [-0.2, -0.15) is 0 Å². The van der Waals surface area contributed by atoms with Crippen LogP contribution in [0.2, 0.25) is 0 Å². The van der Waals surface area contributed by atoms with Crippen molar-refractivity contribution in [2.45, 2.75) is 43.8 Å². The molecule has 16 heteroatoms. The number of nitrogens with one attached hydrogen (secondary N) is 1. The van der Waals surface area contributed by atoms with Crippen molar-refractivity contribution in [1.82, 2.24) is 9.97 Å². The number of guanidine groups is 1. The van der Waals surface area contributed by atoms with Gasteiger partial charge in [-0.1, -0.05) is 0 Å². The van der Waals surface area contributed by atoms with Gasteiger partial charge in [0.25, 0.3) is 0 Å². The van der Waals surface area contributed by atoms with Crippen LogP contribution >= 0.6 is 0 Å². The minimum Gasteiger partial charge on any atom is -0.480 e. The van der Waals surface area contributed by atoms with Gasteiger partial charge in [0.05, 0.1) is 12.7 Å². The monoisotopic (exact) mass is 461 g/mol. The molecule has 0 saturated carbocycles. The molecule has 0 aliphatic rings. The van der Waals surface area contributed by atoms with Gasteiger partial charge >= 0.3 is 17.9 Å². The normalized spacial score (nSPS) is 12.5. The van der Waals surface area contributed by atoms with Gasteiger partial charge in [-0.15, -0.1) is 0 Å². The Morgan fingerprint density at radius 2 is 1.47 bits per heavy atom. The van der Waals surface area contributed by atoms with Crippen molar-refractivity contribution < 1.29 is 34.5 Å². The van der Waals surface area contributed by atoms with Crippen LogP contribution in [0.15, 0.2) is 17.5 Å². The number of carboxylic acid groups (broad SMARTS) is 3. The maximum absolute atomic E-state index is 10.3. The lowest BCUT2D eigenvalue weighted by molar-refractivity contribution is -0.140. The molecule has 1 aromatic heterocycles. The Balaban J connectivity index is 0. The van der Waals surface area contributed by atoms with Gasteiger partial charge in [-0.05, 0) is 12.8 Å². The molecule has 182 valence electrons. The third-order valence-corrected chi connectivity index (χ3v) is 3.33. The van der Waals surface area contributed by atoms with Crippen LogP contribution in [0.25, 0.3) is 0 Å². The SMILES string of the molecule is NC(=O)C[C@H](N)C(=O)O.NC(N)=NCCC[C@H](N)C(=O)O.N[C@@H](Cc1cnc[nH]1)C(=O)O. The number of nitrogens with zero attached hydrogens (tertiary/aromatic N) is 2. The van der Waals surface area contributed by atoms with Crippen molar-refractivity contribution in [3.05, 3.63) is 18.2 Å². The number of hydrogen-bond donors (Lipinski definition) is 10. The van der Waals surface area contributed by atoms with Crippen LogP contribution in [0, 0.1) is 0 Å². The molecule has 0 aromatic carbocycles. The number of nitrogens with two attached hydrogens (primary N) is 6. The summed E-state index contributed by atoms with van der Waals surface area (Å²) < 4.78 is 0. The standard InChI is InChI=1S/C6H14N4O2.C6H9N3O2.C4H8N2O3/c7-4(5(11)12)2-1-3-10-6(8)9;7-5(6(10)11)1-4-2-8-3-9-4;5-2(4(8)9)1-3(6)7/h4H,1-3,7H2,(H,11,12)(H4,8,9,10);2-3,5H,1,7H2,(H,8,9)(H,10,11);2H,1,5H2,(H2,6,7)(H,8,9)/t4-;5-;2-/m000/s1. The van der Waals surface area contributed by atoms with Gasteiger partial charge < -0.3 is 54.7 Å². The van der Waals surface area contributed by atoms with Gasteiger partial charge in [-0.3, -0.25) is 24.2 Å². The number of amides is 1. The third-order valence-electron chi connectivity index (χ3n) is 3.33. The molecule has 32 heavy (non-hydrogen) atoms. The predicted molar refractivity (Wildman–Crippen MR) is 113 cm³/mol. The zero-order valence-electron chi connectivity index (χ0n) is 17.3. The first-order valence-corrected chi connectivity index (χ1v) is 9.03. The Kier molecular flexibility index (Phi) is 16.1. The lowest BCUT2D eigenvalue weighted by Crippen LogP contribution is -2.34. The molecule has 0 aliphatic carbocycles. The molecule has 0 radical (unpaired) electrons. The van der Waals surface area contributed by atoms with E-state index < -0.39 is 41.9 Å². The average Bonchev–Trinajstić information content (AvgIpc) is 3.18. The van der Waals surface area contributed by atoms with Crippen LogP contribution in [-0.4, -0.2) is 79.7 Å². The van der Waals surface area contributed by atoms with Crippen molar-refractivity contribution in [2.24, 2.45) is 39.4 Å². The fraction of sp³-hybridized carbons (Fsp3) is 0.500. The van der Waals surface area contributed by atoms with Gasteiger partial charge in [0, 0.05) is 24.9 Å². The van der Waals surface area contributed by atoms with E-state index in [0.717, 1.165) is 5.69 Å². The molecule has 0 unspecified atom stereocenters. The molecule has 1 amide bonds. The second kappa shape index (κ2) is 17.0. The Bertz CT molecular complexity index is 736. The summed E-state index contributed by atoms with van der Waals surface area (Å²) in [5, 5.41) is 24.9. The molecule has 0 fully saturated rings. The molecule has 0 saturated heterocycles. The number of aromatic amines is 1. The Labute approximate surface area is 183 Å². The number of imidazole rings is 1. The molecule has 0 aliphatic heterocycles. The molecule has 0 spiro atoms. The van der Waals surface area contributed by atoms with E-state index in [1.54, 1.807) is 6.20 Å². The van der Waals surface area contributed by atoms with Crippen LogP contribution in [0.3, 0.4) is 0 Å². The first-order valence-electron chi connectivity index (χ1n) is 9.03. The lowest BCUT2D eigenvalue weighted by atomic mass is 10.2. The van der Waals surface area contributed by atoms with E-state index in [1.807, 2.05) is 0 Å². The summed E-state index contributed by atoms with van der Waals surface area (Å²) in [7, 11) is 0. The van der Waals surface area contributed by atoms with Crippen LogP contribution in [0.1, 0.15) is 25.0 Å². The highest BCUT2D eigenvalue weighted by atomic mass is 16.4. The first kappa shape index (κ1) is 30.4. The lowest BCUT2D eigenvalue weighted by Gasteiger charge is -2.03. The second-order valence-electron chi connectivity index (χ2n) is 6.23. The number of aromatic nitrogens is 2. The summed E-state index contributed by atoms with van der Waals surface area (Å²) in [4.78, 5) is 50.6. The van der Waals surface area contributed by atoms with Crippen LogP contribution < -0.4 is 34.4 Å². The van der Waals surface area contributed by atoms with E-state index in [0.29, 0.717) is 19.4 Å². The number of hydrogen-bond acceptors (Lipinski definition) is 9. The van der Waals surface area contributed by atoms with Gasteiger partial charge in [0.1, 0.15) is 18.1 Å². The minimum atomic E-state index is -1.21. The highest BCUT2D eigenvalue weighted by Crippen LogP contribution is 1.95. The van der Waals surface area contributed by atoms with Crippen molar-refractivity contribution in [3.63, 3.8) is 0 Å². The van der Waals surface area contributed by atoms with Crippen LogP contribution in [0.4, 0.5) is 0 Å². The first-order chi connectivity index (χ1) is 14.8. The number of carbonyl (C=O) groups is 4. The third kappa shape index (κ3) is 18.3. The quantitative estimate of drug-likeness (QED) is 0.0855. The van der Waals surface area contributed by atoms with E-state index >= 15 is 0 Å². The number of primary amides is 1. The molecule has 0 bridgehead atoms. The Morgan fingerprint density at radius 3 is 1.81 bits per heavy atom. The summed E-state index contributed by atoms with van der Waals surface area (Å²) in [6.45, 7) is 0.420. The maximum Gasteiger partial charge on any atom is 0.321 e. The zero-order valence-corrected chi connectivity index (χ0v) is 17.3. The highest BCUT2D eigenvalue weighted by molar-refractivity contribution is 5.83. The smallest absolute Gasteiger partial charge is 0.321 e. The molecule has 3 atom stereocenters. The molecule has 16 nitrogen and oxygen atoms in total. The minimum absolute atomic E-state index is 0.0129. The van der Waals surface area contributed by atoms with E-state index in [1.165, 1.54) is 6.33 Å². The van der Waals surface area contributed by atoms with Crippen molar-refractivity contribution in [1.29, 1.82) is 0 Å². The molecule has 16 N–H and O–H groups in total. The van der Waals surface area contributed by atoms with E-state index in [-0.39, 0.29) is 18.8 Å². The average molecular weight is 461 g/mol. The molecule has 1 aromatic rings. The summed E-state index contributed by atoms with van der Waals surface area (Å²) in [6, 6.07) is -2.84.